The third-order valence-corrected chi connectivity index (χ3v) is 6.08. The molecule has 0 aliphatic heterocycles. The van der Waals surface area contributed by atoms with Crippen LogP contribution in [0, 0.1) is 0 Å². The molecule has 2 aromatic heterocycles. The lowest BCUT2D eigenvalue weighted by Gasteiger charge is -2.08. The van der Waals surface area contributed by atoms with Crippen LogP contribution in [-0.4, -0.2) is 54.3 Å². The topological polar surface area (TPSA) is 175 Å². The zero-order valence-corrected chi connectivity index (χ0v) is 30.9. The molecule has 4 rings (SSSR count). The molecule has 0 aliphatic carbocycles. The van der Waals surface area contributed by atoms with Crippen LogP contribution in [0.15, 0.2) is 97.4 Å². The monoisotopic (exact) mass is 708 g/mol. The normalized spacial score (nSPS) is 10.2. The van der Waals surface area contributed by atoms with Crippen molar-refractivity contribution in [1.29, 1.82) is 0 Å². The lowest BCUT2D eigenvalue weighted by atomic mass is 10.0. The Morgan fingerprint density at radius 3 is 0.846 bits per heavy atom. The van der Waals surface area contributed by atoms with E-state index in [0.717, 1.165) is 35.4 Å². The second-order valence-corrected chi connectivity index (χ2v) is 9.33. The molecule has 10 nitrogen and oxygen atoms in total. The quantitative estimate of drug-likeness (QED) is 0.110. The van der Waals surface area contributed by atoms with Gasteiger partial charge in [0, 0.05) is 59.0 Å². The highest BCUT2D eigenvalue weighted by Crippen LogP contribution is 2.28. The fourth-order valence-corrected chi connectivity index (χ4v) is 4.17. The molecule has 0 unspecified atom stereocenters. The van der Waals surface area contributed by atoms with E-state index >= 15 is 0 Å². The van der Waals surface area contributed by atoms with Gasteiger partial charge in [0.05, 0.1) is 11.4 Å². The zero-order valence-electron chi connectivity index (χ0n) is 30.9. The van der Waals surface area contributed by atoms with Crippen molar-refractivity contribution in [3.05, 3.63) is 120 Å². The summed E-state index contributed by atoms with van der Waals surface area (Å²) >= 11 is 0. The summed E-state index contributed by atoms with van der Waals surface area (Å²) in [6.07, 6.45) is 12.9. The highest BCUT2D eigenvalue weighted by atomic mass is 16.4. The van der Waals surface area contributed by atoms with E-state index in [-0.39, 0.29) is 0 Å². The summed E-state index contributed by atoms with van der Waals surface area (Å²) < 4.78 is 0. The van der Waals surface area contributed by atoms with Crippen molar-refractivity contribution < 1.29 is 39.6 Å². The van der Waals surface area contributed by atoms with Crippen LogP contribution in [0.4, 0.5) is 0 Å². The fraction of sp³-hybridized carbons (Fsp3) is 0.190. The third kappa shape index (κ3) is 16.3. The number of nitrogens with zero attached hydrogens (tertiary/aromatic N) is 2. The molecule has 0 saturated heterocycles. The molecule has 0 fully saturated rings. The molecule has 4 aromatic rings. The van der Waals surface area contributed by atoms with Gasteiger partial charge in [-0.05, 0) is 95.1 Å². The predicted molar refractivity (Wildman–Crippen MR) is 210 cm³/mol. The Hall–Kier alpha value is -6.42. The number of carbonyl (C=O) groups is 4. The van der Waals surface area contributed by atoms with Crippen LogP contribution in [0.25, 0.3) is 57.9 Å². The Morgan fingerprint density at radius 2 is 0.654 bits per heavy atom. The van der Waals surface area contributed by atoms with Crippen molar-refractivity contribution in [2.24, 2.45) is 0 Å². The average Bonchev–Trinajstić information content (AvgIpc) is 3.18. The van der Waals surface area contributed by atoms with Crippen LogP contribution < -0.4 is 0 Å². The molecule has 0 atom stereocenters. The molecule has 10 heteroatoms. The van der Waals surface area contributed by atoms with Crippen molar-refractivity contribution >= 4 is 48.2 Å². The van der Waals surface area contributed by atoms with E-state index in [1.165, 1.54) is 24.3 Å². The molecule has 2 heterocycles. The van der Waals surface area contributed by atoms with Gasteiger partial charge >= 0.3 is 23.9 Å². The first kappa shape index (κ1) is 45.6. The maximum atomic E-state index is 11.0. The minimum absolute atomic E-state index is 0.560. The SMILES string of the molecule is CC.CC.CC.CC.O=C(O)/C=C/c1cc(/C=C/C(=O)O)cc(-c2ccc(-c3ccc(-c4cc(/C=C/C(=O)O)cc(/C=C/C(=O)O)c4)nc3)cn2)c1. The van der Waals surface area contributed by atoms with Gasteiger partial charge in [0.2, 0.25) is 0 Å². The van der Waals surface area contributed by atoms with Gasteiger partial charge in [-0.3, -0.25) is 9.97 Å². The van der Waals surface area contributed by atoms with Gasteiger partial charge in [-0.2, -0.15) is 0 Å². The highest BCUT2D eigenvalue weighted by molar-refractivity contribution is 5.89. The predicted octanol–water partition coefficient (Wildman–Crippen LogP) is 9.97. The van der Waals surface area contributed by atoms with E-state index in [1.807, 2.05) is 67.5 Å². The average molecular weight is 709 g/mol. The van der Waals surface area contributed by atoms with E-state index in [2.05, 4.69) is 9.97 Å². The number of pyridine rings is 2. The Balaban J connectivity index is 0.00000304. The highest BCUT2D eigenvalue weighted by Gasteiger charge is 2.08. The molecular formula is C42H48N2O8. The molecular weight excluding hydrogens is 660 g/mol. The summed E-state index contributed by atoms with van der Waals surface area (Å²) in [4.78, 5) is 53.1. The van der Waals surface area contributed by atoms with Gasteiger partial charge in [-0.25, -0.2) is 19.2 Å². The Bertz CT molecular complexity index is 1630. The smallest absolute Gasteiger partial charge is 0.328 e. The molecule has 0 aliphatic rings. The van der Waals surface area contributed by atoms with Crippen molar-refractivity contribution in [1.82, 2.24) is 9.97 Å². The summed E-state index contributed by atoms with van der Waals surface area (Å²) in [5.41, 5.74) is 6.26. The summed E-state index contributed by atoms with van der Waals surface area (Å²) in [7, 11) is 0. The number of rotatable bonds is 11. The third-order valence-electron chi connectivity index (χ3n) is 6.08. The van der Waals surface area contributed by atoms with Gasteiger partial charge in [0.1, 0.15) is 0 Å². The van der Waals surface area contributed by atoms with Crippen LogP contribution in [0.5, 0.6) is 0 Å². The van der Waals surface area contributed by atoms with E-state index in [1.54, 1.807) is 60.9 Å². The Kier molecular flexibility index (Phi) is 22.4. The van der Waals surface area contributed by atoms with Crippen LogP contribution in [-0.2, 0) is 19.2 Å². The Labute approximate surface area is 305 Å². The lowest BCUT2D eigenvalue weighted by Crippen LogP contribution is -1.91. The van der Waals surface area contributed by atoms with Gasteiger partial charge in [0.15, 0.2) is 0 Å². The molecule has 0 bridgehead atoms. The first-order valence-corrected chi connectivity index (χ1v) is 16.9. The summed E-state index contributed by atoms with van der Waals surface area (Å²) in [6.45, 7) is 16.0. The fourth-order valence-electron chi connectivity index (χ4n) is 4.17. The minimum atomic E-state index is -1.11. The largest absolute Gasteiger partial charge is 0.478 e. The van der Waals surface area contributed by atoms with Gasteiger partial charge < -0.3 is 20.4 Å². The molecule has 0 spiro atoms. The van der Waals surface area contributed by atoms with Crippen molar-refractivity contribution in [3.63, 3.8) is 0 Å². The van der Waals surface area contributed by atoms with Gasteiger partial charge in [-0.15, -0.1) is 0 Å². The molecule has 0 radical (unpaired) electrons. The maximum absolute atomic E-state index is 11.0. The maximum Gasteiger partial charge on any atom is 0.328 e. The molecule has 0 amide bonds. The number of hydrogen-bond acceptors (Lipinski definition) is 6. The number of hydrogen-bond donors (Lipinski definition) is 4. The van der Waals surface area contributed by atoms with Crippen molar-refractivity contribution in [2.45, 2.75) is 55.4 Å². The van der Waals surface area contributed by atoms with Gasteiger partial charge in [0.25, 0.3) is 0 Å². The van der Waals surface area contributed by atoms with E-state index in [4.69, 9.17) is 20.4 Å². The summed E-state index contributed by atoms with van der Waals surface area (Å²) in [5, 5.41) is 36.0. The lowest BCUT2D eigenvalue weighted by molar-refractivity contribution is -0.132. The first-order valence-electron chi connectivity index (χ1n) is 16.9. The van der Waals surface area contributed by atoms with Crippen LogP contribution in [0.2, 0.25) is 0 Å². The second-order valence-electron chi connectivity index (χ2n) is 9.33. The number of aliphatic carboxylic acids is 4. The molecule has 2 aromatic carbocycles. The van der Waals surface area contributed by atoms with Crippen molar-refractivity contribution in [2.75, 3.05) is 0 Å². The van der Waals surface area contributed by atoms with Gasteiger partial charge in [-0.1, -0.05) is 67.5 Å². The number of aromatic nitrogens is 2. The van der Waals surface area contributed by atoms with E-state index in [0.29, 0.717) is 44.8 Å². The van der Waals surface area contributed by atoms with Crippen LogP contribution >= 0.6 is 0 Å². The van der Waals surface area contributed by atoms with Crippen molar-refractivity contribution in [3.8, 4) is 33.6 Å². The minimum Gasteiger partial charge on any atom is -0.478 e. The molecule has 274 valence electrons. The van der Waals surface area contributed by atoms with E-state index in [9.17, 15) is 19.2 Å². The van der Waals surface area contributed by atoms with Crippen LogP contribution in [0.1, 0.15) is 77.6 Å². The Morgan fingerprint density at radius 1 is 0.404 bits per heavy atom. The standard InChI is InChI=1S/C34H24N2O8.4C2H6/c37-31(38)9-1-21-13-22(2-10-32(39)40)16-27(15-21)29-7-5-25(19-35-29)26-6-8-30(36-20-26)28-17-23(3-11-33(41)42)14-24(18-28)4-12-34(43)44;4*1-2/h1-20H,(H,37,38)(H,39,40)(H,41,42)(H,43,44);4*1-2H3/b9-1+,10-2+,11-3+,12-4+;;;;. The van der Waals surface area contributed by atoms with Crippen LogP contribution in [0.3, 0.4) is 0 Å². The zero-order chi connectivity index (χ0) is 39.6. The molecule has 0 saturated carbocycles. The summed E-state index contributed by atoms with van der Waals surface area (Å²) in [5.74, 6) is -4.45. The molecule has 4 N–H and O–H groups in total. The summed E-state index contributed by atoms with van der Waals surface area (Å²) in [6, 6.07) is 17.6. The number of carboxylic acid groups (broad SMARTS) is 4. The number of carboxylic acids is 4. The number of benzene rings is 2. The van der Waals surface area contributed by atoms with E-state index < -0.39 is 23.9 Å². The second kappa shape index (κ2) is 25.5. The first-order chi connectivity index (χ1) is 25.0. The molecule has 52 heavy (non-hydrogen) atoms.